The van der Waals surface area contributed by atoms with E-state index >= 15 is 0 Å². The monoisotopic (exact) mass is 245 g/mol. The Kier molecular flexibility index (Phi) is 3.91. The number of halogens is 3. The van der Waals surface area contributed by atoms with Crippen molar-refractivity contribution < 1.29 is 22.7 Å². The van der Waals surface area contributed by atoms with Gasteiger partial charge in [0.15, 0.2) is 0 Å². The molecule has 0 fully saturated rings. The maximum Gasteiger partial charge on any atom is 0.420 e. The van der Waals surface area contributed by atoms with E-state index in [1.807, 2.05) is 0 Å². The molecule has 17 heavy (non-hydrogen) atoms. The number of alkyl halides is 3. The van der Waals surface area contributed by atoms with Crippen LogP contribution in [0, 0.1) is 0 Å². The van der Waals surface area contributed by atoms with Crippen LogP contribution in [0.25, 0.3) is 0 Å². The number of carbonyl (C=O) groups excluding carboxylic acids is 1. The number of aliphatic imine (C=N–C) groups is 1. The van der Waals surface area contributed by atoms with E-state index in [1.165, 1.54) is 12.1 Å². The molecule has 0 aliphatic carbocycles. The van der Waals surface area contributed by atoms with Crippen LogP contribution in [-0.4, -0.2) is 12.2 Å². The molecule has 0 aliphatic rings. The summed E-state index contributed by atoms with van der Waals surface area (Å²) in [7, 11) is 0. The Balaban J connectivity index is 3.26. The second-order valence-corrected chi connectivity index (χ2v) is 3.55. The van der Waals surface area contributed by atoms with Crippen LogP contribution in [0.4, 0.5) is 18.9 Å². The topological polar surface area (TPSA) is 38.7 Å². The number of isocyanates is 1. The number of benzene rings is 1. The number of ether oxygens (including phenoxy) is 1. The molecule has 6 heteroatoms. The number of hydrogen-bond donors (Lipinski definition) is 0. The first-order valence-corrected chi connectivity index (χ1v) is 4.80. The fourth-order valence-electron chi connectivity index (χ4n) is 1.22. The number of nitrogens with zero attached hydrogens (tertiary/aromatic N) is 1. The molecule has 0 radical (unpaired) electrons. The summed E-state index contributed by atoms with van der Waals surface area (Å²) in [4.78, 5) is 13.1. The summed E-state index contributed by atoms with van der Waals surface area (Å²) in [6, 6.07) is 3.15. The van der Waals surface area contributed by atoms with Gasteiger partial charge in [0.05, 0.1) is 17.4 Å². The van der Waals surface area contributed by atoms with Crippen LogP contribution in [0.2, 0.25) is 0 Å². The van der Waals surface area contributed by atoms with Gasteiger partial charge in [0.1, 0.15) is 5.75 Å². The van der Waals surface area contributed by atoms with E-state index in [4.69, 9.17) is 4.74 Å². The van der Waals surface area contributed by atoms with Gasteiger partial charge < -0.3 is 4.74 Å². The van der Waals surface area contributed by atoms with Gasteiger partial charge in [-0.3, -0.25) is 0 Å². The van der Waals surface area contributed by atoms with Gasteiger partial charge in [0, 0.05) is 0 Å². The Bertz CT molecular complexity index is 449. The van der Waals surface area contributed by atoms with Gasteiger partial charge >= 0.3 is 6.18 Å². The third-order valence-corrected chi connectivity index (χ3v) is 1.81. The first-order chi connectivity index (χ1) is 7.84. The molecule has 0 aromatic heterocycles. The molecule has 0 heterocycles. The lowest BCUT2D eigenvalue weighted by Crippen LogP contribution is -2.12. The summed E-state index contributed by atoms with van der Waals surface area (Å²) in [6.45, 7) is 3.25. The van der Waals surface area contributed by atoms with Gasteiger partial charge in [0.25, 0.3) is 0 Å². The molecule has 0 aliphatic heterocycles. The van der Waals surface area contributed by atoms with Gasteiger partial charge in [-0.05, 0) is 32.0 Å². The fourth-order valence-corrected chi connectivity index (χ4v) is 1.22. The van der Waals surface area contributed by atoms with Crippen molar-refractivity contribution in [1.29, 1.82) is 0 Å². The molecule has 1 rings (SSSR count). The van der Waals surface area contributed by atoms with Crippen molar-refractivity contribution in [3.63, 3.8) is 0 Å². The minimum Gasteiger partial charge on any atom is -0.490 e. The highest BCUT2D eigenvalue weighted by molar-refractivity contribution is 5.54. The van der Waals surface area contributed by atoms with Crippen LogP contribution in [0.15, 0.2) is 23.2 Å². The smallest absolute Gasteiger partial charge is 0.420 e. The van der Waals surface area contributed by atoms with Gasteiger partial charge in [-0.2, -0.15) is 18.2 Å². The molecule has 0 atom stereocenters. The molecule has 1 aromatic rings. The zero-order chi connectivity index (χ0) is 13.1. The highest BCUT2D eigenvalue weighted by Gasteiger charge is 2.35. The fraction of sp³-hybridized carbons (Fsp3) is 0.364. The Labute approximate surface area is 95.9 Å². The van der Waals surface area contributed by atoms with Crippen molar-refractivity contribution in [2.24, 2.45) is 4.99 Å². The van der Waals surface area contributed by atoms with Crippen LogP contribution in [0.5, 0.6) is 5.75 Å². The molecule has 0 amide bonds. The van der Waals surface area contributed by atoms with Gasteiger partial charge in [-0.1, -0.05) is 0 Å². The van der Waals surface area contributed by atoms with E-state index in [0.29, 0.717) is 0 Å². The lowest BCUT2D eigenvalue weighted by Gasteiger charge is -2.16. The molecule has 92 valence electrons. The molecule has 0 saturated carbocycles. The molecular formula is C11H10F3NO2. The summed E-state index contributed by atoms with van der Waals surface area (Å²) >= 11 is 0. The maximum atomic E-state index is 12.7. The molecule has 0 saturated heterocycles. The number of hydrogen-bond acceptors (Lipinski definition) is 3. The van der Waals surface area contributed by atoms with Crippen molar-refractivity contribution in [2.75, 3.05) is 0 Å². The molecule has 0 unspecified atom stereocenters. The van der Waals surface area contributed by atoms with Crippen molar-refractivity contribution in [1.82, 2.24) is 0 Å². The van der Waals surface area contributed by atoms with Gasteiger partial charge in [-0.25, -0.2) is 4.79 Å². The standard InChI is InChI=1S/C11H10F3NO2/c1-7(2)17-10-4-3-8(15-6-16)5-9(10)11(12,13)14/h3-5,7H,1-2H3. The summed E-state index contributed by atoms with van der Waals surface area (Å²) in [5.74, 6) is -0.280. The second kappa shape index (κ2) is 5.01. The van der Waals surface area contributed by atoms with Crippen molar-refractivity contribution >= 4 is 11.8 Å². The van der Waals surface area contributed by atoms with Crippen LogP contribution >= 0.6 is 0 Å². The number of rotatable bonds is 3. The summed E-state index contributed by atoms with van der Waals surface area (Å²) < 4.78 is 43.1. The third kappa shape index (κ3) is 3.60. The molecule has 3 nitrogen and oxygen atoms in total. The van der Waals surface area contributed by atoms with E-state index in [0.717, 1.165) is 12.1 Å². The zero-order valence-electron chi connectivity index (χ0n) is 9.21. The summed E-state index contributed by atoms with van der Waals surface area (Å²) in [5, 5.41) is 0. The highest BCUT2D eigenvalue weighted by atomic mass is 19.4. The van der Waals surface area contributed by atoms with E-state index in [9.17, 15) is 18.0 Å². The normalized spacial score (nSPS) is 11.2. The van der Waals surface area contributed by atoms with Crippen LogP contribution in [-0.2, 0) is 11.0 Å². The quantitative estimate of drug-likeness (QED) is 0.604. The molecule has 0 N–H and O–H groups in total. The minimum atomic E-state index is -4.56. The Morgan fingerprint density at radius 2 is 2.00 bits per heavy atom. The largest absolute Gasteiger partial charge is 0.490 e. The third-order valence-electron chi connectivity index (χ3n) is 1.81. The van der Waals surface area contributed by atoms with E-state index in [1.54, 1.807) is 13.8 Å². The van der Waals surface area contributed by atoms with Crippen molar-refractivity contribution in [2.45, 2.75) is 26.1 Å². The molecule has 1 aromatic carbocycles. The first-order valence-electron chi connectivity index (χ1n) is 4.80. The minimum absolute atomic E-state index is 0.108. The Morgan fingerprint density at radius 3 is 2.47 bits per heavy atom. The van der Waals surface area contributed by atoms with Crippen molar-refractivity contribution in [3.05, 3.63) is 23.8 Å². The maximum absolute atomic E-state index is 12.7. The van der Waals surface area contributed by atoms with E-state index in [2.05, 4.69) is 4.99 Å². The van der Waals surface area contributed by atoms with Crippen LogP contribution in [0.3, 0.4) is 0 Å². The lowest BCUT2D eigenvalue weighted by atomic mass is 10.1. The lowest BCUT2D eigenvalue weighted by molar-refractivity contribution is -0.139. The van der Waals surface area contributed by atoms with Crippen LogP contribution in [0.1, 0.15) is 19.4 Å². The van der Waals surface area contributed by atoms with Gasteiger partial charge in [-0.15, -0.1) is 0 Å². The SMILES string of the molecule is CC(C)Oc1ccc(N=C=O)cc1C(F)(F)F. The Morgan fingerprint density at radius 1 is 1.35 bits per heavy atom. The summed E-state index contributed by atoms with van der Waals surface area (Å²) in [6.07, 6.45) is -3.75. The Hall–Kier alpha value is -1.81. The molecular weight excluding hydrogens is 235 g/mol. The molecule has 0 spiro atoms. The van der Waals surface area contributed by atoms with E-state index in [-0.39, 0.29) is 17.5 Å². The molecule has 0 bridgehead atoms. The second-order valence-electron chi connectivity index (χ2n) is 3.55. The average Bonchev–Trinajstić information content (AvgIpc) is 2.18. The van der Waals surface area contributed by atoms with Gasteiger partial charge in [0.2, 0.25) is 6.08 Å². The summed E-state index contributed by atoms with van der Waals surface area (Å²) in [5.41, 5.74) is -1.06. The zero-order valence-corrected chi connectivity index (χ0v) is 9.21. The average molecular weight is 245 g/mol. The van der Waals surface area contributed by atoms with Crippen LogP contribution < -0.4 is 4.74 Å². The van der Waals surface area contributed by atoms with Crippen molar-refractivity contribution in [3.8, 4) is 5.75 Å². The predicted molar refractivity (Wildman–Crippen MR) is 55.0 cm³/mol. The highest BCUT2D eigenvalue weighted by Crippen LogP contribution is 2.38. The predicted octanol–water partition coefficient (Wildman–Crippen LogP) is 3.46. The first kappa shape index (κ1) is 13.3. The van der Waals surface area contributed by atoms with E-state index < -0.39 is 11.7 Å².